The lowest BCUT2D eigenvalue weighted by molar-refractivity contribution is 0.636. The van der Waals surface area contributed by atoms with Crippen molar-refractivity contribution in [2.75, 3.05) is 18.1 Å². The maximum absolute atomic E-state index is 11.5. The number of pyridine rings is 1. The Kier molecular flexibility index (Phi) is 2.31. The van der Waals surface area contributed by atoms with E-state index in [9.17, 15) is 4.79 Å². The van der Waals surface area contributed by atoms with Crippen LogP contribution in [0.15, 0.2) is 28.0 Å². The van der Waals surface area contributed by atoms with E-state index in [-0.39, 0.29) is 5.56 Å². The third kappa shape index (κ3) is 1.72. The number of thiol groups is 1. The number of aromatic nitrogens is 1. The quantitative estimate of drug-likeness (QED) is 0.674. The Balaban J connectivity index is 2.34. The fourth-order valence-corrected chi connectivity index (χ4v) is 1.79. The molecule has 1 fully saturated rings. The van der Waals surface area contributed by atoms with E-state index in [0.29, 0.717) is 0 Å². The van der Waals surface area contributed by atoms with E-state index < -0.39 is 0 Å². The lowest BCUT2D eigenvalue weighted by Crippen LogP contribution is -2.39. The summed E-state index contributed by atoms with van der Waals surface area (Å²) in [4.78, 5) is 12.2. The first-order valence-corrected chi connectivity index (χ1v) is 4.89. The number of rotatable bonds is 1. The molecular weight excluding hydrogens is 184 g/mol. The van der Waals surface area contributed by atoms with E-state index >= 15 is 0 Å². The summed E-state index contributed by atoms with van der Waals surface area (Å²) in [7, 11) is 0. The minimum atomic E-state index is 0.00870. The molecule has 0 unspecified atom stereocenters. The van der Waals surface area contributed by atoms with Gasteiger partial charge in [-0.25, -0.2) is 4.68 Å². The lowest BCUT2D eigenvalue weighted by atomic mass is 10.4. The van der Waals surface area contributed by atoms with Gasteiger partial charge in [0, 0.05) is 30.2 Å². The zero-order chi connectivity index (χ0) is 9.26. The molecule has 13 heavy (non-hydrogen) atoms. The molecule has 70 valence electrons. The fraction of sp³-hybridized carbons (Fsp3) is 0.444. The molecule has 1 aliphatic heterocycles. The van der Waals surface area contributed by atoms with Crippen LogP contribution in [0.3, 0.4) is 0 Å². The van der Waals surface area contributed by atoms with E-state index in [4.69, 9.17) is 0 Å². The highest BCUT2D eigenvalue weighted by molar-refractivity contribution is 7.80. The second-order valence-corrected chi connectivity index (χ2v) is 3.74. The number of hydrogen-bond acceptors (Lipinski definition) is 3. The third-order valence-corrected chi connectivity index (χ3v) is 2.55. The largest absolute Gasteiger partial charge is 0.310 e. The van der Waals surface area contributed by atoms with Crippen molar-refractivity contribution < 1.29 is 0 Å². The van der Waals surface area contributed by atoms with Crippen LogP contribution in [0.2, 0.25) is 0 Å². The van der Waals surface area contributed by atoms with E-state index in [1.54, 1.807) is 16.9 Å². The zero-order valence-corrected chi connectivity index (χ0v) is 8.20. The van der Waals surface area contributed by atoms with E-state index in [1.807, 2.05) is 6.07 Å². The number of nitrogens with zero attached hydrogens (tertiary/aromatic N) is 2. The summed E-state index contributed by atoms with van der Waals surface area (Å²) in [5, 5.41) is 2.07. The maximum atomic E-state index is 11.5. The van der Waals surface area contributed by atoms with Crippen LogP contribution < -0.4 is 10.6 Å². The minimum Gasteiger partial charge on any atom is -0.310 e. The average molecular weight is 196 g/mol. The summed E-state index contributed by atoms with van der Waals surface area (Å²) in [5.74, 6) is 0. The molecule has 2 rings (SSSR count). The maximum Gasteiger partial charge on any atom is 0.270 e. The summed E-state index contributed by atoms with van der Waals surface area (Å²) in [5.41, 5.74) is 0.00870. The smallest absolute Gasteiger partial charge is 0.270 e. The highest BCUT2D eigenvalue weighted by Gasteiger charge is 2.12. The van der Waals surface area contributed by atoms with Crippen molar-refractivity contribution in [1.82, 2.24) is 4.68 Å². The van der Waals surface area contributed by atoms with Gasteiger partial charge in [-0.3, -0.25) is 4.79 Å². The van der Waals surface area contributed by atoms with Crippen LogP contribution >= 0.6 is 12.6 Å². The van der Waals surface area contributed by atoms with Gasteiger partial charge in [0.25, 0.3) is 5.56 Å². The summed E-state index contributed by atoms with van der Waals surface area (Å²) >= 11 is 4.11. The summed E-state index contributed by atoms with van der Waals surface area (Å²) < 4.78 is 1.67. The first-order chi connectivity index (χ1) is 6.27. The molecule has 4 heteroatoms. The van der Waals surface area contributed by atoms with Crippen LogP contribution in [0.4, 0.5) is 0 Å². The predicted octanol–water partition coefficient (Wildman–Crippen LogP) is 0.869. The molecule has 0 spiro atoms. The molecule has 1 saturated heterocycles. The molecule has 0 saturated carbocycles. The van der Waals surface area contributed by atoms with E-state index in [2.05, 4.69) is 17.6 Å². The Morgan fingerprint density at radius 2 is 2.00 bits per heavy atom. The van der Waals surface area contributed by atoms with Crippen molar-refractivity contribution in [1.29, 1.82) is 0 Å². The standard InChI is InChI=1S/C9H12N2OS/c12-9-7-8(13)3-6-11(9)10-4-1-2-5-10/h3,6-7,13H,1-2,4-5H2. The van der Waals surface area contributed by atoms with Crippen molar-refractivity contribution in [2.24, 2.45) is 0 Å². The van der Waals surface area contributed by atoms with Crippen LogP contribution in [0.1, 0.15) is 12.8 Å². The predicted molar refractivity (Wildman–Crippen MR) is 55.1 cm³/mol. The van der Waals surface area contributed by atoms with Crippen LogP contribution in [0, 0.1) is 0 Å². The summed E-state index contributed by atoms with van der Waals surface area (Å²) in [6.45, 7) is 1.96. The normalized spacial score (nSPS) is 16.5. The van der Waals surface area contributed by atoms with Crippen LogP contribution in [-0.4, -0.2) is 17.8 Å². The molecule has 0 aliphatic carbocycles. The molecule has 2 heterocycles. The minimum absolute atomic E-state index is 0.00870. The monoisotopic (exact) mass is 196 g/mol. The van der Waals surface area contributed by atoms with Gasteiger partial charge in [-0.15, -0.1) is 12.6 Å². The van der Waals surface area contributed by atoms with Gasteiger partial charge in [0.05, 0.1) is 0 Å². The Hall–Kier alpha value is -0.900. The van der Waals surface area contributed by atoms with Crippen molar-refractivity contribution in [3.8, 4) is 0 Å². The Bertz CT molecular complexity index is 355. The Morgan fingerprint density at radius 1 is 1.31 bits per heavy atom. The van der Waals surface area contributed by atoms with Crippen molar-refractivity contribution in [3.05, 3.63) is 28.7 Å². The molecule has 0 bridgehead atoms. The van der Waals surface area contributed by atoms with Gasteiger partial charge >= 0.3 is 0 Å². The number of hydrogen-bond donors (Lipinski definition) is 1. The van der Waals surface area contributed by atoms with Crippen molar-refractivity contribution >= 4 is 12.6 Å². The topological polar surface area (TPSA) is 25.2 Å². The first-order valence-electron chi connectivity index (χ1n) is 4.44. The molecule has 0 atom stereocenters. The van der Waals surface area contributed by atoms with Gasteiger partial charge in [-0.1, -0.05) is 0 Å². The summed E-state index contributed by atoms with van der Waals surface area (Å²) in [6, 6.07) is 3.38. The summed E-state index contributed by atoms with van der Waals surface area (Å²) in [6.07, 6.45) is 4.14. The van der Waals surface area contributed by atoms with Gasteiger partial charge in [0.15, 0.2) is 0 Å². The molecular formula is C9H12N2OS. The second-order valence-electron chi connectivity index (χ2n) is 3.23. The molecule has 1 aliphatic rings. The zero-order valence-electron chi connectivity index (χ0n) is 7.31. The van der Waals surface area contributed by atoms with Crippen LogP contribution in [-0.2, 0) is 0 Å². The van der Waals surface area contributed by atoms with Crippen molar-refractivity contribution in [3.63, 3.8) is 0 Å². The van der Waals surface area contributed by atoms with Gasteiger partial charge in [0.2, 0.25) is 0 Å². The molecule has 0 N–H and O–H groups in total. The average Bonchev–Trinajstić information content (AvgIpc) is 2.56. The highest BCUT2D eigenvalue weighted by atomic mass is 32.1. The van der Waals surface area contributed by atoms with E-state index in [1.165, 1.54) is 12.8 Å². The van der Waals surface area contributed by atoms with Gasteiger partial charge < -0.3 is 5.01 Å². The Morgan fingerprint density at radius 3 is 2.62 bits per heavy atom. The molecule has 0 aromatic carbocycles. The fourth-order valence-electron chi connectivity index (χ4n) is 1.61. The molecule has 0 radical (unpaired) electrons. The third-order valence-electron chi connectivity index (χ3n) is 2.27. The van der Waals surface area contributed by atoms with E-state index in [0.717, 1.165) is 18.0 Å². The molecule has 3 nitrogen and oxygen atoms in total. The van der Waals surface area contributed by atoms with Gasteiger partial charge in [-0.05, 0) is 18.9 Å². The van der Waals surface area contributed by atoms with Crippen molar-refractivity contribution in [2.45, 2.75) is 17.7 Å². The SMILES string of the molecule is O=c1cc(S)ccn1N1CCCC1. The first kappa shape index (κ1) is 8.69. The highest BCUT2D eigenvalue weighted by Crippen LogP contribution is 2.06. The van der Waals surface area contributed by atoms with Crippen LogP contribution in [0.25, 0.3) is 0 Å². The molecule has 1 aromatic heterocycles. The molecule has 1 aromatic rings. The van der Waals surface area contributed by atoms with Gasteiger partial charge in [-0.2, -0.15) is 0 Å². The van der Waals surface area contributed by atoms with Crippen LogP contribution in [0.5, 0.6) is 0 Å². The Labute approximate surface area is 82.4 Å². The molecule has 0 amide bonds. The van der Waals surface area contributed by atoms with Gasteiger partial charge in [0.1, 0.15) is 0 Å². The second kappa shape index (κ2) is 3.46. The lowest BCUT2D eigenvalue weighted by Gasteiger charge is -2.19.